The smallest absolute Gasteiger partial charge is 0.255 e. The second kappa shape index (κ2) is 9.43. The lowest BCUT2D eigenvalue weighted by Crippen LogP contribution is -2.11. The van der Waals surface area contributed by atoms with E-state index in [0.717, 1.165) is 11.3 Å². The van der Waals surface area contributed by atoms with Crippen LogP contribution in [0.5, 0.6) is 11.6 Å². The molecule has 0 aliphatic rings. The van der Waals surface area contributed by atoms with Crippen molar-refractivity contribution in [3.05, 3.63) is 102 Å². The Hall–Kier alpha value is -3.99. The van der Waals surface area contributed by atoms with Crippen molar-refractivity contribution in [2.45, 2.75) is 26.7 Å². The number of carbonyl (C=O) groups is 1. The fourth-order valence-corrected chi connectivity index (χ4v) is 3.19. The van der Waals surface area contributed by atoms with Gasteiger partial charge in [-0.05, 0) is 54.8 Å². The number of nitrogens with one attached hydrogen (secondary N) is 1. The second-order valence-electron chi connectivity index (χ2n) is 7.94. The van der Waals surface area contributed by atoms with Crippen molar-refractivity contribution in [1.82, 2.24) is 9.97 Å². The van der Waals surface area contributed by atoms with Gasteiger partial charge in [-0.1, -0.05) is 55.8 Å². The molecule has 0 bridgehead atoms. The number of amides is 1. The summed E-state index contributed by atoms with van der Waals surface area (Å²) in [5.74, 6) is 1.92. The Morgan fingerprint density at radius 1 is 0.875 bits per heavy atom. The summed E-state index contributed by atoms with van der Waals surface area (Å²) in [6.07, 6.45) is 1.67. The van der Waals surface area contributed by atoms with Gasteiger partial charge in [-0.25, -0.2) is 4.98 Å². The van der Waals surface area contributed by atoms with Gasteiger partial charge in [0.15, 0.2) is 5.82 Å². The zero-order valence-electron chi connectivity index (χ0n) is 18.4. The lowest BCUT2D eigenvalue weighted by molar-refractivity contribution is 0.102. The third kappa shape index (κ3) is 5.19. The van der Waals surface area contributed by atoms with Crippen molar-refractivity contribution in [3.63, 3.8) is 0 Å². The van der Waals surface area contributed by atoms with E-state index >= 15 is 0 Å². The Morgan fingerprint density at radius 3 is 2.22 bits per heavy atom. The highest BCUT2D eigenvalue weighted by molar-refractivity contribution is 6.04. The van der Waals surface area contributed by atoms with Gasteiger partial charge >= 0.3 is 0 Å². The molecule has 0 spiro atoms. The van der Waals surface area contributed by atoms with Crippen LogP contribution in [0.25, 0.3) is 11.4 Å². The fourth-order valence-electron chi connectivity index (χ4n) is 3.19. The normalized spacial score (nSPS) is 10.8. The van der Waals surface area contributed by atoms with Gasteiger partial charge in [0.05, 0.1) is 0 Å². The van der Waals surface area contributed by atoms with Gasteiger partial charge < -0.3 is 10.1 Å². The molecule has 3 aromatic carbocycles. The molecule has 1 heterocycles. The summed E-state index contributed by atoms with van der Waals surface area (Å²) in [5.41, 5.74) is 4.66. The molecule has 0 fully saturated rings. The minimum absolute atomic E-state index is 0.169. The fraction of sp³-hybridized carbons (Fsp3) is 0.148. The molecule has 160 valence electrons. The van der Waals surface area contributed by atoms with Crippen molar-refractivity contribution in [1.29, 1.82) is 0 Å². The van der Waals surface area contributed by atoms with Crippen LogP contribution < -0.4 is 10.1 Å². The zero-order chi connectivity index (χ0) is 22.5. The van der Waals surface area contributed by atoms with Gasteiger partial charge in [0, 0.05) is 29.1 Å². The summed E-state index contributed by atoms with van der Waals surface area (Å²) in [6.45, 7) is 6.32. The number of ether oxygens (including phenoxy) is 1. The summed E-state index contributed by atoms with van der Waals surface area (Å²) < 4.78 is 5.87. The number of carbonyl (C=O) groups excluding carboxylic acids is 1. The predicted molar refractivity (Wildman–Crippen MR) is 127 cm³/mol. The summed E-state index contributed by atoms with van der Waals surface area (Å²) in [5, 5.41) is 2.92. The molecule has 4 aromatic rings. The van der Waals surface area contributed by atoms with E-state index in [2.05, 4.69) is 29.1 Å². The SMILES string of the molecule is Cc1ccc(-c2nccc(Oc3ccc(C(=O)Nc4ccc(C(C)C)cc4)cc3)n2)cc1. The molecule has 0 saturated carbocycles. The Labute approximate surface area is 188 Å². The molecular weight excluding hydrogens is 398 g/mol. The lowest BCUT2D eigenvalue weighted by Gasteiger charge is -2.09. The summed E-state index contributed by atoms with van der Waals surface area (Å²) in [7, 11) is 0. The second-order valence-corrected chi connectivity index (χ2v) is 7.94. The third-order valence-electron chi connectivity index (χ3n) is 5.11. The number of aryl methyl sites for hydroxylation is 1. The Bertz CT molecular complexity index is 1200. The average molecular weight is 424 g/mol. The minimum atomic E-state index is -0.169. The number of anilines is 1. The zero-order valence-corrected chi connectivity index (χ0v) is 18.4. The van der Waals surface area contributed by atoms with Gasteiger partial charge in [0.1, 0.15) is 5.75 Å². The number of hydrogen-bond donors (Lipinski definition) is 1. The molecule has 0 radical (unpaired) electrons. The molecule has 32 heavy (non-hydrogen) atoms. The van der Waals surface area contributed by atoms with Crippen LogP contribution in [0, 0.1) is 6.92 Å². The topological polar surface area (TPSA) is 64.1 Å². The summed E-state index contributed by atoms with van der Waals surface area (Å²) in [4.78, 5) is 21.4. The highest BCUT2D eigenvalue weighted by atomic mass is 16.5. The number of aromatic nitrogens is 2. The average Bonchev–Trinajstić information content (AvgIpc) is 2.80. The van der Waals surface area contributed by atoms with Crippen LogP contribution in [-0.2, 0) is 0 Å². The standard InChI is InChI=1S/C27H25N3O2/c1-18(2)20-8-12-23(13-9-20)29-27(31)22-10-14-24(15-11-22)32-25-16-17-28-26(30-25)21-6-4-19(3)5-7-21/h4-18H,1-3H3,(H,29,31). The number of hydrogen-bond acceptors (Lipinski definition) is 4. The van der Waals surface area contributed by atoms with Gasteiger partial charge in [-0.2, -0.15) is 4.98 Å². The largest absolute Gasteiger partial charge is 0.439 e. The first-order valence-corrected chi connectivity index (χ1v) is 10.6. The molecule has 1 amide bonds. The molecule has 0 aliphatic heterocycles. The van der Waals surface area contributed by atoms with Crippen LogP contribution in [0.3, 0.4) is 0 Å². The van der Waals surface area contributed by atoms with Gasteiger partial charge in [-0.15, -0.1) is 0 Å². The first-order chi connectivity index (χ1) is 15.5. The number of benzene rings is 3. The molecular formula is C27H25N3O2. The molecule has 4 rings (SSSR count). The molecule has 5 nitrogen and oxygen atoms in total. The minimum Gasteiger partial charge on any atom is -0.439 e. The summed E-state index contributed by atoms with van der Waals surface area (Å²) in [6, 6.07) is 24.6. The van der Waals surface area contributed by atoms with Crippen molar-refractivity contribution < 1.29 is 9.53 Å². The molecule has 0 saturated heterocycles. The van der Waals surface area contributed by atoms with Gasteiger partial charge in [0.2, 0.25) is 5.88 Å². The molecule has 0 unspecified atom stereocenters. The van der Waals surface area contributed by atoms with Crippen molar-refractivity contribution in [3.8, 4) is 23.0 Å². The summed E-state index contributed by atoms with van der Waals surface area (Å²) >= 11 is 0. The van der Waals surface area contributed by atoms with Gasteiger partial charge in [0.25, 0.3) is 5.91 Å². The van der Waals surface area contributed by atoms with E-state index in [1.807, 2.05) is 55.5 Å². The maximum absolute atomic E-state index is 12.6. The first-order valence-electron chi connectivity index (χ1n) is 10.6. The van der Waals surface area contributed by atoms with Crippen LogP contribution in [0.1, 0.15) is 41.3 Å². The molecule has 1 N–H and O–H groups in total. The number of nitrogens with zero attached hydrogens (tertiary/aromatic N) is 2. The number of rotatable bonds is 6. The Balaban J connectivity index is 1.42. The Kier molecular flexibility index (Phi) is 6.26. The maximum Gasteiger partial charge on any atom is 0.255 e. The van der Waals surface area contributed by atoms with E-state index < -0.39 is 0 Å². The predicted octanol–water partition coefficient (Wildman–Crippen LogP) is 6.62. The molecule has 0 aliphatic carbocycles. The van der Waals surface area contributed by atoms with Crippen molar-refractivity contribution in [2.75, 3.05) is 5.32 Å². The van der Waals surface area contributed by atoms with Crippen LogP contribution in [0.15, 0.2) is 85.1 Å². The maximum atomic E-state index is 12.6. The highest BCUT2D eigenvalue weighted by Gasteiger charge is 2.09. The van der Waals surface area contributed by atoms with Crippen LogP contribution >= 0.6 is 0 Å². The van der Waals surface area contributed by atoms with Crippen LogP contribution in [0.4, 0.5) is 5.69 Å². The third-order valence-corrected chi connectivity index (χ3v) is 5.11. The van der Waals surface area contributed by atoms with E-state index in [4.69, 9.17) is 4.74 Å². The highest BCUT2D eigenvalue weighted by Crippen LogP contribution is 2.23. The van der Waals surface area contributed by atoms with E-state index in [9.17, 15) is 4.79 Å². The molecule has 5 heteroatoms. The lowest BCUT2D eigenvalue weighted by atomic mass is 10.0. The van der Waals surface area contributed by atoms with E-state index in [1.165, 1.54) is 11.1 Å². The van der Waals surface area contributed by atoms with Crippen LogP contribution in [0.2, 0.25) is 0 Å². The van der Waals surface area contributed by atoms with Crippen molar-refractivity contribution >= 4 is 11.6 Å². The van der Waals surface area contributed by atoms with E-state index in [-0.39, 0.29) is 5.91 Å². The van der Waals surface area contributed by atoms with E-state index in [0.29, 0.717) is 28.9 Å². The molecule has 0 atom stereocenters. The Morgan fingerprint density at radius 2 is 1.56 bits per heavy atom. The first kappa shape index (κ1) is 21.2. The van der Waals surface area contributed by atoms with Gasteiger partial charge in [-0.3, -0.25) is 4.79 Å². The molecule has 1 aromatic heterocycles. The monoisotopic (exact) mass is 423 g/mol. The van der Waals surface area contributed by atoms with E-state index in [1.54, 1.807) is 36.5 Å². The quantitative estimate of drug-likeness (QED) is 0.378. The van der Waals surface area contributed by atoms with Crippen molar-refractivity contribution in [2.24, 2.45) is 0 Å². The van der Waals surface area contributed by atoms with Crippen LogP contribution in [-0.4, -0.2) is 15.9 Å².